The summed E-state index contributed by atoms with van der Waals surface area (Å²) in [5.74, 6) is 1.14. The maximum Gasteiger partial charge on any atom is 0.0234 e. The van der Waals surface area contributed by atoms with Crippen LogP contribution in [-0.4, -0.2) is 36.5 Å². The van der Waals surface area contributed by atoms with Gasteiger partial charge in [-0.15, -0.1) is 7.92 Å². The average molecular weight is 247 g/mol. The molecule has 0 amide bonds. The van der Waals surface area contributed by atoms with E-state index in [1.165, 1.54) is 43.8 Å². The zero-order valence-corrected chi connectivity index (χ0v) is 11.4. The molecule has 1 aromatic carbocycles. The Hall–Kier alpha value is -0.390. The summed E-state index contributed by atoms with van der Waals surface area (Å²) in [5, 5.41) is 0. The maximum absolute atomic E-state index is 2.64. The molecule has 3 rings (SSSR count). The number of benzene rings is 1. The molecule has 1 heterocycles. The highest BCUT2D eigenvalue weighted by Crippen LogP contribution is 2.46. The molecule has 1 aromatic rings. The van der Waals surface area contributed by atoms with Crippen molar-refractivity contribution < 1.29 is 0 Å². The van der Waals surface area contributed by atoms with Crippen molar-refractivity contribution >= 4 is 7.92 Å². The third kappa shape index (κ3) is 3.53. The van der Waals surface area contributed by atoms with Gasteiger partial charge in [0, 0.05) is 19.6 Å². The monoisotopic (exact) mass is 247 g/mol. The molecule has 0 bridgehead atoms. The van der Waals surface area contributed by atoms with Crippen LogP contribution in [0.2, 0.25) is 0 Å². The van der Waals surface area contributed by atoms with Crippen LogP contribution in [0.3, 0.4) is 0 Å². The van der Waals surface area contributed by atoms with Gasteiger partial charge in [0.05, 0.1) is 0 Å². The summed E-state index contributed by atoms with van der Waals surface area (Å²) in [6.07, 6.45) is 7.66. The van der Waals surface area contributed by atoms with E-state index in [-0.39, 0.29) is 0 Å². The van der Waals surface area contributed by atoms with E-state index in [0.29, 0.717) is 7.92 Å². The van der Waals surface area contributed by atoms with E-state index in [9.17, 15) is 0 Å². The Morgan fingerprint density at radius 2 is 1.76 bits per heavy atom. The molecule has 0 aromatic heterocycles. The van der Waals surface area contributed by atoms with Crippen LogP contribution in [0.15, 0.2) is 30.3 Å². The summed E-state index contributed by atoms with van der Waals surface area (Å²) < 4.78 is 0. The average Bonchev–Trinajstić information content (AvgIpc) is 3.17. The molecular formula is C15H22NP. The fourth-order valence-electron chi connectivity index (χ4n) is 2.64. The van der Waals surface area contributed by atoms with E-state index in [0.717, 1.165) is 12.5 Å². The van der Waals surface area contributed by atoms with E-state index >= 15 is 0 Å². The molecule has 0 unspecified atom stereocenters. The topological polar surface area (TPSA) is 3.24 Å². The SMILES string of the molecule is c1ccc(CN2CCP(CC3CC3)CC2)cc1. The van der Waals surface area contributed by atoms with Gasteiger partial charge < -0.3 is 0 Å². The maximum atomic E-state index is 2.64. The molecule has 1 nitrogen and oxygen atoms in total. The highest BCUT2D eigenvalue weighted by atomic mass is 31.1. The van der Waals surface area contributed by atoms with Gasteiger partial charge in [0.2, 0.25) is 0 Å². The van der Waals surface area contributed by atoms with E-state index in [1.54, 1.807) is 6.16 Å². The number of nitrogens with zero attached hydrogens (tertiary/aromatic N) is 1. The van der Waals surface area contributed by atoms with Gasteiger partial charge >= 0.3 is 0 Å². The second-order valence-electron chi connectivity index (χ2n) is 5.51. The van der Waals surface area contributed by atoms with Gasteiger partial charge in [0.15, 0.2) is 0 Å². The van der Waals surface area contributed by atoms with Crippen molar-refractivity contribution in [3.8, 4) is 0 Å². The fraction of sp³-hybridized carbons (Fsp3) is 0.600. The molecule has 0 radical (unpaired) electrons. The Labute approximate surface area is 106 Å². The first-order valence-corrected chi connectivity index (χ1v) is 8.78. The van der Waals surface area contributed by atoms with E-state index in [1.807, 2.05) is 0 Å². The molecule has 1 aliphatic heterocycles. The normalized spacial score (nSPS) is 22.8. The number of hydrogen-bond donors (Lipinski definition) is 0. The molecule has 1 saturated heterocycles. The lowest BCUT2D eigenvalue weighted by molar-refractivity contribution is 0.291. The van der Waals surface area contributed by atoms with Crippen LogP contribution in [0.25, 0.3) is 0 Å². The predicted molar refractivity (Wildman–Crippen MR) is 76.0 cm³/mol. The molecule has 2 fully saturated rings. The van der Waals surface area contributed by atoms with Gasteiger partial charge in [0.25, 0.3) is 0 Å². The number of rotatable bonds is 4. The summed E-state index contributed by atoms with van der Waals surface area (Å²) in [4.78, 5) is 2.64. The van der Waals surface area contributed by atoms with Crippen LogP contribution in [-0.2, 0) is 6.54 Å². The minimum absolute atomic E-state index is 0.408. The molecule has 2 aliphatic rings. The van der Waals surface area contributed by atoms with Crippen LogP contribution in [0.5, 0.6) is 0 Å². The molecule has 0 N–H and O–H groups in total. The van der Waals surface area contributed by atoms with Crippen molar-refractivity contribution in [2.75, 3.05) is 31.6 Å². The first-order chi connectivity index (χ1) is 8.40. The lowest BCUT2D eigenvalue weighted by Crippen LogP contribution is -2.33. The molecule has 1 saturated carbocycles. The Kier molecular flexibility index (Phi) is 3.78. The van der Waals surface area contributed by atoms with Crippen molar-refractivity contribution in [2.45, 2.75) is 19.4 Å². The number of hydrogen-bond acceptors (Lipinski definition) is 1. The van der Waals surface area contributed by atoms with E-state index in [4.69, 9.17) is 0 Å². The minimum Gasteiger partial charge on any atom is -0.298 e. The largest absolute Gasteiger partial charge is 0.298 e. The second-order valence-corrected chi connectivity index (χ2v) is 8.11. The van der Waals surface area contributed by atoms with Crippen molar-refractivity contribution in [2.24, 2.45) is 5.92 Å². The zero-order chi connectivity index (χ0) is 11.5. The Balaban J connectivity index is 1.44. The van der Waals surface area contributed by atoms with Gasteiger partial charge in [-0.05, 0) is 42.8 Å². The first kappa shape index (κ1) is 11.7. The lowest BCUT2D eigenvalue weighted by atomic mass is 10.2. The summed E-state index contributed by atoms with van der Waals surface area (Å²) >= 11 is 0. The second kappa shape index (κ2) is 5.50. The summed E-state index contributed by atoms with van der Waals surface area (Å²) in [6.45, 7) is 3.84. The molecule has 17 heavy (non-hydrogen) atoms. The highest BCUT2D eigenvalue weighted by molar-refractivity contribution is 7.57. The quantitative estimate of drug-likeness (QED) is 0.737. The van der Waals surface area contributed by atoms with Crippen molar-refractivity contribution in [1.82, 2.24) is 4.90 Å². The molecular weight excluding hydrogens is 225 g/mol. The minimum atomic E-state index is 0.408. The molecule has 1 aliphatic carbocycles. The standard InChI is InChI=1S/C15H22NP/c1-2-4-14(5-3-1)12-16-8-10-17(11-9-16)13-15-6-7-15/h1-5,15H,6-13H2. The van der Waals surface area contributed by atoms with Crippen LogP contribution in [0.1, 0.15) is 18.4 Å². The first-order valence-electron chi connectivity index (χ1n) is 6.89. The van der Waals surface area contributed by atoms with Crippen LogP contribution >= 0.6 is 7.92 Å². The highest BCUT2D eigenvalue weighted by Gasteiger charge is 2.27. The molecule has 92 valence electrons. The van der Waals surface area contributed by atoms with Crippen LogP contribution in [0, 0.1) is 5.92 Å². The predicted octanol–water partition coefficient (Wildman–Crippen LogP) is 3.39. The van der Waals surface area contributed by atoms with E-state index in [2.05, 4.69) is 35.2 Å². The van der Waals surface area contributed by atoms with Gasteiger partial charge in [-0.2, -0.15) is 0 Å². The van der Waals surface area contributed by atoms with Gasteiger partial charge in [-0.1, -0.05) is 30.3 Å². The van der Waals surface area contributed by atoms with Crippen molar-refractivity contribution in [3.05, 3.63) is 35.9 Å². The van der Waals surface area contributed by atoms with E-state index < -0.39 is 0 Å². The van der Waals surface area contributed by atoms with Crippen LogP contribution < -0.4 is 0 Å². The molecule has 0 atom stereocenters. The Morgan fingerprint density at radius 3 is 2.41 bits per heavy atom. The fourth-order valence-corrected chi connectivity index (χ4v) is 5.45. The summed E-state index contributed by atoms with van der Waals surface area (Å²) in [5.41, 5.74) is 1.47. The smallest absolute Gasteiger partial charge is 0.0234 e. The third-order valence-electron chi connectivity index (χ3n) is 3.93. The molecule has 0 spiro atoms. The van der Waals surface area contributed by atoms with Gasteiger partial charge in [-0.25, -0.2) is 0 Å². The Bertz CT molecular complexity index is 339. The summed E-state index contributed by atoms with van der Waals surface area (Å²) in [7, 11) is 0.408. The lowest BCUT2D eigenvalue weighted by Gasteiger charge is -2.32. The third-order valence-corrected chi connectivity index (χ3v) is 6.62. The summed E-state index contributed by atoms with van der Waals surface area (Å²) in [6, 6.07) is 10.9. The van der Waals surface area contributed by atoms with Crippen molar-refractivity contribution in [3.63, 3.8) is 0 Å². The van der Waals surface area contributed by atoms with Crippen LogP contribution in [0.4, 0.5) is 0 Å². The Morgan fingerprint density at radius 1 is 1.06 bits per heavy atom. The van der Waals surface area contributed by atoms with Gasteiger partial charge in [0.1, 0.15) is 0 Å². The zero-order valence-electron chi connectivity index (χ0n) is 10.5. The molecule has 2 heteroatoms. The van der Waals surface area contributed by atoms with Gasteiger partial charge in [-0.3, -0.25) is 4.90 Å². The van der Waals surface area contributed by atoms with Crippen molar-refractivity contribution in [1.29, 1.82) is 0 Å².